The number of amides is 1. The van der Waals surface area contributed by atoms with Gasteiger partial charge in [0.25, 0.3) is 5.91 Å². The van der Waals surface area contributed by atoms with Crippen molar-refractivity contribution in [2.75, 3.05) is 44.3 Å². The summed E-state index contributed by atoms with van der Waals surface area (Å²) >= 11 is 1.54. The molecule has 0 aliphatic carbocycles. The molecule has 2 aromatic heterocycles. The predicted octanol–water partition coefficient (Wildman–Crippen LogP) is 4.41. The number of carbonyl (C=O) groups is 1. The highest BCUT2D eigenvalue weighted by Crippen LogP contribution is 2.30. The van der Waals surface area contributed by atoms with Crippen molar-refractivity contribution < 1.29 is 13.9 Å². The summed E-state index contributed by atoms with van der Waals surface area (Å²) in [5, 5.41) is 1.64. The van der Waals surface area contributed by atoms with E-state index in [9.17, 15) is 4.79 Å². The van der Waals surface area contributed by atoms with E-state index in [0.29, 0.717) is 17.4 Å². The molecule has 0 atom stereocenters. The molecule has 3 heterocycles. The van der Waals surface area contributed by atoms with E-state index in [-0.39, 0.29) is 5.91 Å². The van der Waals surface area contributed by atoms with Gasteiger partial charge >= 0.3 is 0 Å². The van der Waals surface area contributed by atoms with E-state index in [4.69, 9.17) is 14.1 Å². The van der Waals surface area contributed by atoms with Crippen LogP contribution >= 0.6 is 11.3 Å². The Kier molecular flexibility index (Phi) is 5.48. The van der Waals surface area contributed by atoms with Crippen molar-refractivity contribution in [2.24, 2.45) is 0 Å². The largest absolute Gasteiger partial charge is 0.451 e. The van der Waals surface area contributed by atoms with Crippen LogP contribution in [0.3, 0.4) is 0 Å². The number of hydrogen-bond acceptors (Lipinski definition) is 6. The Morgan fingerprint density at radius 1 is 1.10 bits per heavy atom. The fraction of sp³-hybridized carbons (Fsp3) is 0.304. The van der Waals surface area contributed by atoms with Crippen molar-refractivity contribution >= 4 is 43.6 Å². The topological polar surface area (TPSA) is 58.8 Å². The Labute approximate surface area is 178 Å². The van der Waals surface area contributed by atoms with Gasteiger partial charge in [-0.3, -0.25) is 14.6 Å². The van der Waals surface area contributed by atoms with E-state index in [0.717, 1.165) is 60.5 Å². The van der Waals surface area contributed by atoms with E-state index < -0.39 is 0 Å². The number of hydrogen-bond donors (Lipinski definition) is 0. The van der Waals surface area contributed by atoms with E-state index >= 15 is 0 Å². The second-order valence-corrected chi connectivity index (χ2v) is 8.39. The Morgan fingerprint density at radius 3 is 2.73 bits per heavy atom. The summed E-state index contributed by atoms with van der Waals surface area (Å²) in [5.41, 5.74) is 1.63. The van der Waals surface area contributed by atoms with Gasteiger partial charge in [0.1, 0.15) is 5.58 Å². The van der Waals surface area contributed by atoms with Crippen LogP contribution in [0, 0.1) is 0 Å². The van der Waals surface area contributed by atoms with Gasteiger partial charge in [0.05, 0.1) is 23.4 Å². The van der Waals surface area contributed by atoms with Gasteiger partial charge < -0.3 is 9.15 Å². The van der Waals surface area contributed by atoms with Crippen LogP contribution in [0.2, 0.25) is 0 Å². The first-order valence-corrected chi connectivity index (χ1v) is 11.1. The average molecular weight is 422 g/mol. The van der Waals surface area contributed by atoms with E-state index in [1.54, 1.807) is 4.90 Å². The molecule has 4 aromatic rings. The van der Waals surface area contributed by atoms with Crippen molar-refractivity contribution in [2.45, 2.75) is 6.42 Å². The molecule has 0 spiro atoms. The number of fused-ring (bicyclic) bond motifs is 2. The first kappa shape index (κ1) is 19.2. The summed E-state index contributed by atoms with van der Waals surface area (Å²) in [6.45, 7) is 4.96. The maximum absolute atomic E-state index is 13.4. The minimum Gasteiger partial charge on any atom is -0.451 e. The van der Waals surface area contributed by atoms with Crippen LogP contribution < -0.4 is 4.90 Å². The van der Waals surface area contributed by atoms with Gasteiger partial charge in [-0.15, -0.1) is 0 Å². The third-order valence-corrected chi connectivity index (χ3v) is 6.41. The number of nitrogens with zero attached hydrogens (tertiary/aromatic N) is 3. The van der Waals surface area contributed by atoms with Gasteiger partial charge in [-0.05, 0) is 30.7 Å². The summed E-state index contributed by atoms with van der Waals surface area (Å²) in [6.07, 6.45) is 0.863. The summed E-state index contributed by atoms with van der Waals surface area (Å²) in [6, 6.07) is 17.5. The van der Waals surface area contributed by atoms with Crippen LogP contribution in [-0.4, -0.2) is 55.2 Å². The fourth-order valence-electron chi connectivity index (χ4n) is 3.76. The Balaban J connectivity index is 1.41. The molecular weight excluding hydrogens is 398 g/mol. The van der Waals surface area contributed by atoms with Crippen molar-refractivity contribution in [3.8, 4) is 0 Å². The number of rotatable bonds is 6. The lowest BCUT2D eigenvalue weighted by molar-refractivity contribution is 0.0376. The average Bonchev–Trinajstić information content (AvgIpc) is 3.41. The molecule has 0 bridgehead atoms. The lowest BCUT2D eigenvalue weighted by atomic mass is 10.2. The highest BCUT2D eigenvalue weighted by Gasteiger charge is 2.24. The van der Waals surface area contributed by atoms with E-state index in [1.807, 2.05) is 54.6 Å². The third-order valence-electron chi connectivity index (χ3n) is 5.35. The van der Waals surface area contributed by atoms with E-state index in [2.05, 4.69) is 4.90 Å². The molecule has 1 saturated heterocycles. The van der Waals surface area contributed by atoms with Crippen molar-refractivity contribution in [3.05, 3.63) is 60.4 Å². The summed E-state index contributed by atoms with van der Waals surface area (Å²) in [7, 11) is 0. The number of ether oxygens (including phenoxy) is 1. The Morgan fingerprint density at radius 2 is 1.90 bits per heavy atom. The Bertz CT molecular complexity index is 1100. The molecule has 0 unspecified atom stereocenters. The van der Waals surface area contributed by atoms with E-state index in [1.165, 1.54) is 11.3 Å². The highest BCUT2D eigenvalue weighted by molar-refractivity contribution is 7.22. The number of carbonyl (C=O) groups excluding carboxylic acids is 1. The molecule has 0 N–H and O–H groups in total. The molecule has 0 radical (unpaired) electrons. The van der Waals surface area contributed by atoms with Gasteiger partial charge in [-0.2, -0.15) is 0 Å². The van der Waals surface area contributed by atoms with Crippen molar-refractivity contribution in [1.29, 1.82) is 0 Å². The minimum atomic E-state index is -0.146. The van der Waals surface area contributed by atoms with Crippen molar-refractivity contribution in [3.63, 3.8) is 0 Å². The number of morpholine rings is 1. The van der Waals surface area contributed by atoms with Crippen LogP contribution in [0.4, 0.5) is 5.13 Å². The van der Waals surface area contributed by atoms with Gasteiger partial charge in [0.15, 0.2) is 10.9 Å². The number of benzene rings is 2. The smallest absolute Gasteiger partial charge is 0.295 e. The zero-order chi connectivity index (χ0) is 20.3. The Hall–Kier alpha value is -2.74. The van der Waals surface area contributed by atoms with Crippen LogP contribution in [0.15, 0.2) is 59.0 Å². The molecule has 1 aliphatic heterocycles. The van der Waals surface area contributed by atoms with Gasteiger partial charge in [0, 0.05) is 31.6 Å². The molecule has 7 heteroatoms. The number of para-hydroxylation sites is 2. The lowest BCUT2D eigenvalue weighted by Gasteiger charge is -2.27. The number of anilines is 1. The normalized spacial score (nSPS) is 15.1. The second kappa shape index (κ2) is 8.55. The quantitative estimate of drug-likeness (QED) is 0.462. The second-order valence-electron chi connectivity index (χ2n) is 7.38. The molecule has 2 aromatic carbocycles. The highest BCUT2D eigenvalue weighted by atomic mass is 32.1. The van der Waals surface area contributed by atoms with Gasteiger partial charge in [-0.25, -0.2) is 4.98 Å². The molecular formula is C23H23N3O3S. The van der Waals surface area contributed by atoms with Gasteiger partial charge in [-0.1, -0.05) is 41.7 Å². The summed E-state index contributed by atoms with van der Waals surface area (Å²) < 4.78 is 12.4. The van der Waals surface area contributed by atoms with Crippen molar-refractivity contribution in [1.82, 2.24) is 9.88 Å². The zero-order valence-electron chi connectivity index (χ0n) is 16.6. The monoisotopic (exact) mass is 421 g/mol. The van der Waals surface area contributed by atoms with Crippen LogP contribution in [0.1, 0.15) is 17.0 Å². The predicted molar refractivity (Wildman–Crippen MR) is 119 cm³/mol. The lowest BCUT2D eigenvalue weighted by Crippen LogP contribution is -2.39. The van der Waals surface area contributed by atoms with Crippen LogP contribution in [0.5, 0.6) is 0 Å². The number of thiazole rings is 1. The fourth-order valence-corrected chi connectivity index (χ4v) is 4.75. The first-order valence-electron chi connectivity index (χ1n) is 10.2. The van der Waals surface area contributed by atoms with Crippen LogP contribution in [-0.2, 0) is 4.74 Å². The molecule has 1 fully saturated rings. The SMILES string of the molecule is O=C(c1cc2ccccc2o1)N(CCCN1CCOCC1)c1nc2ccccc2s1. The molecule has 1 amide bonds. The number of aromatic nitrogens is 1. The maximum Gasteiger partial charge on any atom is 0.295 e. The van der Waals surface area contributed by atoms with Crippen LogP contribution in [0.25, 0.3) is 21.2 Å². The molecule has 1 aliphatic rings. The third kappa shape index (κ3) is 3.96. The molecule has 30 heavy (non-hydrogen) atoms. The molecule has 6 nitrogen and oxygen atoms in total. The standard InChI is InChI=1S/C23H23N3O3S/c27-22(20-16-17-6-1-3-8-19(17)29-20)26(11-5-10-25-12-14-28-15-13-25)23-24-18-7-2-4-9-21(18)30-23/h1-4,6-9,16H,5,10-15H2. The van der Waals surface area contributed by atoms with Gasteiger partial charge in [0.2, 0.25) is 0 Å². The summed E-state index contributed by atoms with van der Waals surface area (Å²) in [4.78, 5) is 22.3. The molecule has 154 valence electrons. The maximum atomic E-state index is 13.4. The molecule has 0 saturated carbocycles. The summed E-state index contributed by atoms with van der Waals surface area (Å²) in [5.74, 6) is 0.203. The molecule has 5 rings (SSSR count). The zero-order valence-corrected chi connectivity index (χ0v) is 17.4. The number of furan rings is 1. The minimum absolute atomic E-state index is 0.146. The first-order chi connectivity index (χ1) is 14.8.